The quantitative estimate of drug-likeness (QED) is 0.124. The van der Waals surface area contributed by atoms with E-state index in [1.807, 2.05) is 0 Å². The van der Waals surface area contributed by atoms with Crippen LogP contribution in [0.25, 0.3) is 56.7 Å². The van der Waals surface area contributed by atoms with E-state index in [2.05, 4.69) is 234 Å². The lowest BCUT2D eigenvalue weighted by atomic mass is 9.87. The van der Waals surface area contributed by atoms with Gasteiger partial charge in [0.25, 0.3) is 0 Å². The zero-order valence-corrected chi connectivity index (χ0v) is 36.6. The molecular formula is C55H57N5. The van der Waals surface area contributed by atoms with E-state index in [4.69, 9.17) is 9.97 Å². The molecule has 0 aliphatic rings. The fourth-order valence-corrected chi connectivity index (χ4v) is 8.69. The third-order valence-electron chi connectivity index (χ3n) is 11.8. The Morgan fingerprint density at radius 2 is 0.733 bits per heavy atom. The van der Waals surface area contributed by atoms with Gasteiger partial charge in [-0.25, -0.2) is 9.97 Å². The first kappa shape index (κ1) is 40.3. The van der Waals surface area contributed by atoms with E-state index in [-0.39, 0.29) is 0 Å². The summed E-state index contributed by atoms with van der Waals surface area (Å²) >= 11 is 0. The summed E-state index contributed by atoms with van der Waals surface area (Å²) in [5.41, 5.74) is 16.5. The van der Waals surface area contributed by atoms with Crippen LogP contribution in [0, 0.1) is 0 Å². The van der Waals surface area contributed by atoms with Crippen molar-refractivity contribution in [1.29, 1.82) is 0 Å². The molecule has 302 valence electrons. The van der Waals surface area contributed by atoms with Gasteiger partial charge < -0.3 is 4.90 Å². The molecule has 60 heavy (non-hydrogen) atoms. The van der Waals surface area contributed by atoms with Crippen LogP contribution in [0.1, 0.15) is 101 Å². The molecule has 0 N–H and O–H groups in total. The monoisotopic (exact) mass is 787 g/mol. The number of para-hydroxylation sites is 2. The minimum absolute atomic E-state index is 0.361. The topological polar surface area (TPSA) is 38.9 Å². The Balaban J connectivity index is 1.23. The molecule has 0 fully saturated rings. The van der Waals surface area contributed by atoms with Crippen molar-refractivity contribution in [2.75, 3.05) is 11.9 Å². The molecule has 5 nitrogen and oxygen atoms in total. The molecule has 2 aromatic heterocycles. The highest BCUT2D eigenvalue weighted by Crippen LogP contribution is 2.42. The molecule has 6 aromatic carbocycles. The summed E-state index contributed by atoms with van der Waals surface area (Å²) < 4.78 is 4.69. The Morgan fingerprint density at radius 1 is 0.400 bits per heavy atom. The third-order valence-corrected chi connectivity index (χ3v) is 11.8. The van der Waals surface area contributed by atoms with Crippen molar-refractivity contribution in [2.24, 2.45) is 0 Å². The molecule has 2 heterocycles. The molecule has 0 aliphatic carbocycles. The number of nitrogens with zero attached hydrogens (tertiary/aromatic N) is 5. The van der Waals surface area contributed by atoms with E-state index >= 15 is 0 Å². The molecule has 0 saturated carbocycles. The van der Waals surface area contributed by atoms with E-state index < -0.39 is 0 Å². The van der Waals surface area contributed by atoms with Crippen molar-refractivity contribution >= 4 is 11.4 Å². The first-order valence-electron chi connectivity index (χ1n) is 21.5. The van der Waals surface area contributed by atoms with Gasteiger partial charge in [-0.2, -0.15) is 0 Å². The fraction of sp³-hybridized carbons (Fsp3) is 0.236. The molecule has 0 spiro atoms. The SMILES string of the molecule is CC(C)c1cccc(C(C)C)c1-c1cnc(-c2cccc(N(C)c3cccc(-c4ncc(-c5c(C(C)C)cccc5C(C)C)n4-c4ccccc4)c3)c2)n1-c1ccccc1. The van der Waals surface area contributed by atoms with Crippen molar-refractivity contribution in [2.45, 2.75) is 79.1 Å². The third kappa shape index (κ3) is 7.61. The largest absolute Gasteiger partial charge is 0.345 e. The Labute approximate surface area is 357 Å². The molecular weight excluding hydrogens is 731 g/mol. The predicted octanol–water partition coefficient (Wildman–Crippen LogP) is 15.0. The molecule has 0 bridgehead atoms. The molecule has 8 rings (SSSR count). The van der Waals surface area contributed by atoms with E-state index in [9.17, 15) is 0 Å². The second-order valence-corrected chi connectivity index (χ2v) is 17.2. The van der Waals surface area contributed by atoms with Gasteiger partial charge in [0.2, 0.25) is 0 Å². The maximum absolute atomic E-state index is 5.20. The maximum Gasteiger partial charge on any atom is 0.145 e. The van der Waals surface area contributed by atoms with Crippen LogP contribution in [-0.4, -0.2) is 26.1 Å². The Bertz CT molecular complexity index is 2490. The molecule has 0 radical (unpaired) electrons. The maximum atomic E-state index is 5.20. The summed E-state index contributed by atoms with van der Waals surface area (Å²) in [5.74, 6) is 3.26. The van der Waals surface area contributed by atoms with Crippen molar-refractivity contribution in [3.8, 4) is 56.7 Å². The van der Waals surface area contributed by atoms with Crippen LogP contribution in [-0.2, 0) is 0 Å². The molecule has 0 saturated heterocycles. The zero-order valence-electron chi connectivity index (χ0n) is 36.6. The fourth-order valence-electron chi connectivity index (χ4n) is 8.69. The number of hydrogen-bond acceptors (Lipinski definition) is 3. The van der Waals surface area contributed by atoms with Gasteiger partial charge in [-0.05, 0) is 94.5 Å². The number of rotatable bonds is 12. The van der Waals surface area contributed by atoms with Crippen LogP contribution >= 0.6 is 0 Å². The van der Waals surface area contributed by atoms with Crippen LogP contribution < -0.4 is 4.90 Å². The second kappa shape index (κ2) is 17.0. The van der Waals surface area contributed by atoms with Crippen molar-refractivity contribution in [1.82, 2.24) is 19.1 Å². The average Bonchev–Trinajstić information content (AvgIpc) is 3.92. The van der Waals surface area contributed by atoms with Crippen LogP contribution in [0.4, 0.5) is 11.4 Å². The van der Waals surface area contributed by atoms with Crippen LogP contribution in [0.2, 0.25) is 0 Å². The molecule has 0 amide bonds. The van der Waals surface area contributed by atoms with Crippen LogP contribution in [0.5, 0.6) is 0 Å². The number of hydrogen-bond donors (Lipinski definition) is 0. The molecule has 0 aliphatic heterocycles. The molecule has 0 unspecified atom stereocenters. The van der Waals surface area contributed by atoms with Crippen LogP contribution in [0.15, 0.2) is 158 Å². The van der Waals surface area contributed by atoms with E-state index in [0.717, 1.165) is 56.9 Å². The van der Waals surface area contributed by atoms with E-state index in [1.165, 1.54) is 33.4 Å². The summed E-state index contributed by atoms with van der Waals surface area (Å²) in [4.78, 5) is 12.7. The lowest BCUT2D eigenvalue weighted by Crippen LogP contribution is -2.10. The first-order chi connectivity index (χ1) is 29.0. The summed E-state index contributed by atoms with van der Waals surface area (Å²) in [7, 11) is 2.14. The molecule has 8 aromatic rings. The highest BCUT2D eigenvalue weighted by Gasteiger charge is 2.25. The van der Waals surface area contributed by atoms with E-state index in [1.54, 1.807) is 0 Å². The normalized spacial score (nSPS) is 11.7. The molecule has 0 atom stereocenters. The number of imidazole rings is 2. The van der Waals surface area contributed by atoms with Gasteiger partial charge in [-0.15, -0.1) is 0 Å². The first-order valence-corrected chi connectivity index (χ1v) is 21.5. The van der Waals surface area contributed by atoms with E-state index in [0.29, 0.717) is 23.7 Å². The predicted molar refractivity (Wildman–Crippen MR) is 253 cm³/mol. The Kier molecular flexibility index (Phi) is 11.4. The standard InChI is InChI=1S/C55H57N5/c1-36(2)46-28-18-29-47(37(3)4)52(46)50-34-56-54(59(50)42-22-12-10-13-23-42)40-20-16-26-44(32-40)58(9)45-27-17-21-41(33-45)55-57-35-51(60(55)43-24-14-11-15-25-43)53-48(38(5)6)30-19-31-49(53)39(7)8/h10-39H,1-9H3. The van der Waals surface area contributed by atoms with Crippen molar-refractivity contribution in [3.05, 3.63) is 180 Å². The highest BCUT2D eigenvalue weighted by atomic mass is 15.1. The second-order valence-electron chi connectivity index (χ2n) is 17.2. The number of benzene rings is 6. The summed E-state index contributed by atoms with van der Waals surface area (Å²) in [6.45, 7) is 18.3. The summed E-state index contributed by atoms with van der Waals surface area (Å²) in [5, 5.41) is 0. The average molecular weight is 788 g/mol. The van der Waals surface area contributed by atoms with Gasteiger partial charge >= 0.3 is 0 Å². The lowest BCUT2D eigenvalue weighted by molar-refractivity contribution is 0.834. The number of aromatic nitrogens is 4. The molecule has 5 heteroatoms. The lowest BCUT2D eigenvalue weighted by Gasteiger charge is -2.23. The summed E-state index contributed by atoms with van der Waals surface area (Å²) in [6.07, 6.45) is 4.14. The minimum Gasteiger partial charge on any atom is -0.345 e. The minimum atomic E-state index is 0.361. The van der Waals surface area contributed by atoms with Gasteiger partial charge in [-0.3, -0.25) is 9.13 Å². The van der Waals surface area contributed by atoms with Gasteiger partial charge in [0.05, 0.1) is 23.8 Å². The van der Waals surface area contributed by atoms with Gasteiger partial charge in [-0.1, -0.05) is 152 Å². The van der Waals surface area contributed by atoms with Crippen LogP contribution in [0.3, 0.4) is 0 Å². The van der Waals surface area contributed by atoms with Gasteiger partial charge in [0, 0.05) is 52.1 Å². The van der Waals surface area contributed by atoms with Gasteiger partial charge in [0.1, 0.15) is 11.6 Å². The summed E-state index contributed by atoms with van der Waals surface area (Å²) in [6, 6.07) is 52.3. The highest BCUT2D eigenvalue weighted by molar-refractivity contribution is 5.79. The van der Waals surface area contributed by atoms with Crippen molar-refractivity contribution in [3.63, 3.8) is 0 Å². The number of anilines is 2. The zero-order chi connectivity index (χ0) is 42.1. The van der Waals surface area contributed by atoms with Crippen molar-refractivity contribution < 1.29 is 0 Å². The smallest absolute Gasteiger partial charge is 0.145 e. The Hall–Kier alpha value is -6.46. The Morgan fingerprint density at radius 3 is 1.07 bits per heavy atom. The van der Waals surface area contributed by atoms with Gasteiger partial charge in [0.15, 0.2) is 0 Å².